The Kier molecular flexibility index (Phi) is 29.3. The third-order valence-corrected chi connectivity index (χ3v) is 12.3. The number of alkyl halides is 9. The first-order valence-electron chi connectivity index (χ1n) is 22.4. The zero-order chi connectivity index (χ0) is 59.6. The van der Waals surface area contributed by atoms with Crippen LogP contribution in [0.5, 0.6) is 23.0 Å². The van der Waals surface area contributed by atoms with Gasteiger partial charge in [0, 0.05) is 62.4 Å². The fraction of sp³-hybridized carbons (Fsp3) is 0.489. The van der Waals surface area contributed by atoms with Gasteiger partial charge in [0.25, 0.3) is 0 Å². The molecular formula is C47H59ErF9O19S3. The van der Waals surface area contributed by atoms with E-state index in [0.29, 0.717) is 19.8 Å². The number of epoxide rings is 3. The summed E-state index contributed by atoms with van der Waals surface area (Å²) in [5.74, 6) is 3.38. The first kappa shape index (κ1) is 73.2. The number of halogens is 9. The van der Waals surface area contributed by atoms with E-state index in [4.69, 9.17) is 81.9 Å². The quantitative estimate of drug-likeness (QED) is 0.0278. The van der Waals surface area contributed by atoms with Gasteiger partial charge in [-0.25, -0.2) is 0 Å². The minimum absolute atomic E-state index is 0. The molecule has 454 valence electrons. The van der Waals surface area contributed by atoms with E-state index in [1.807, 2.05) is 48.5 Å². The first-order valence-corrected chi connectivity index (χ1v) is 26.7. The summed E-state index contributed by atoms with van der Waals surface area (Å²) < 4.78 is 216. The number of hydrogen-bond acceptors (Lipinski definition) is 16. The summed E-state index contributed by atoms with van der Waals surface area (Å²) in [7, 11) is -15.0. The van der Waals surface area contributed by atoms with Crippen molar-refractivity contribution in [2.45, 2.75) is 79.5 Å². The Morgan fingerprint density at radius 2 is 0.646 bits per heavy atom. The number of ether oxygens (including phenoxy) is 8. The van der Waals surface area contributed by atoms with Crippen molar-refractivity contribution in [3.05, 3.63) is 119 Å². The second-order valence-electron chi connectivity index (χ2n) is 17.3. The molecule has 4 unspecified atom stereocenters. The van der Waals surface area contributed by atoms with Crippen LogP contribution in [0.4, 0.5) is 39.5 Å². The Hall–Kier alpha value is -3.81. The molecule has 3 heterocycles. The van der Waals surface area contributed by atoms with Crippen molar-refractivity contribution in [2.24, 2.45) is 0 Å². The zero-order valence-corrected chi connectivity index (χ0v) is 46.9. The van der Waals surface area contributed by atoms with Crippen LogP contribution in [0, 0.1) is 37.3 Å². The number of methoxy groups -OCH3 is 1. The van der Waals surface area contributed by atoms with Gasteiger partial charge in [-0.05, 0) is 70.8 Å². The number of hydrogen-bond donors (Lipinski definition) is 5. The van der Waals surface area contributed by atoms with Crippen LogP contribution >= 0.6 is 0 Å². The van der Waals surface area contributed by atoms with Crippen LogP contribution in [0.3, 0.4) is 0 Å². The normalized spacial score (nSPS) is 17.1. The molecule has 4 aromatic carbocycles. The number of aliphatic hydroxyl groups excluding tert-OH is 2. The maximum absolute atomic E-state index is 10.7. The van der Waals surface area contributed by atoms with E-state index < -0.39 is 53.0 Å². The van der Waals surface area contributed by atoms with E-state index in [9.17, 15) is 44.6 Å². The van der Waals surface area contributed by atoms with Crippen LogP contribution < -0.4 is 18.9 Å². The van der Waals surface area contributed by atoms with Crippen molar-refractivity contribution >= 4 is 30.4 Å². The van der Waals surface area contributed by atoms with E-state index in [1.54, 1.807) is 7.11 Å². The van der Waals surface area contributed by atoms with Crippen molar-refractivity contribution in [3.8, 4) is 23.0 Å². The average molecular weight is 1360 g/mol. The molecule has 0 aliphatic carbocycles. The molecule has 0 spiro atoms. The summed E-state index contributed by atoms with van der Waals surface area (Å²) in [6, 6.07) is 32.9. The molecule has 0 bridgehead atoms. The number of aliphatic hydroxyl groups is 2. The Labute approximate surface area is 480 Å². The molecule has 4 aromatic rings. The van der Waals surface area contributed by atoms with Crippen LogP contribution in [0.15, 0.2) is 97.1 Å². The second kappa shape index (κ2) is 31.6. The molecule has 32 heteroatoms. The Morgan fingerprint density at radius 3 is 0.810 bits per heavy atom. The first-order chi connectivity index (χ1) is 35.8. The van der Waals surface area contributed by atoms with Gasteiger partial charge in [-0.3, -0.25) is 13.7 Å². The molecule has 3 fully saturated rings. The third-order valence-electron chi connectivity index (χ3n) is 10.5. The molecule has 3 aliphatic rings. The monoisotopic (exact) mass is 1360 g/mol. The van der Waals surface area contributed by atoms with Crippen LogP contribution in [-0.4, -0.2) is 157 Å². The van der Waals surface area contributed by atoms with Gasteiger partial charge in [0.05, 0.1) is 26.4 Å². The van der Waals surface area contributed by atoms with Crippen molar-refractivity contribution in [2.75, 3.05) is 67.1 Å². The van der Waals surface area contributed by atoms with Crippen LogP contribution in [0.2, 0.25) is 0 Å². The molecule has 79 heavy (non-hydrogen) atoms. The van der Waals surface area contributed by atoms with Crippen LogP contribution in [-0.2, 0) is 60.1 Å². The number of rotatable bonds is 18. The minimum Gasteiger partial charge on any atom is -0.491 e. The SMILES string of the molecule is CC(C)(c1ccc(OCC2CO2)cc1)c1ccc(OCC2CO2)cc1.CO.COCC(O)COc1ccc(C(C)(C)c2ccc(OCC3CO3)cc2)cc1.O=S(=O)(O)C(F)(F)F.O=S(=O)(O)C(F)(F)F.O=S(=O)(O)C(F)(F)F.[Er]. The molecule has 0 radical (unpaired) electrons. The van der Waals surface area contributed by atoms with Crippen molar-refractivity contribution in [3.63, 3.8) is 0 Å². The molecule has 5 N–H and O–H groups in total. The Balaban J connectivity index is 0.000000547. The Morgan fingerprint density at radius 1 is 0.456 bits per heavy atom. The van der Waals surface area contributed by atoms with Gasteiger partial charge in [0.2, 0.25) is 0 Å². The van der Waals surface area contributed by atoms with Gasteiger partial charge >= 0.3 is 46.9 Å². The van der Waals surface area contributed by atoms with E-state index in [2.05, 4.69) is 76.2 Å². The summed E-state index contributed by atoms with van der Waals surface area (Å²) in [4.78, 5) is 0. The molecule has 0 saturated carbocycles. The molecule has 4 atom stereocenters. The molecular weight excluding hydrogens is 1300 g/mol. The minimum atomic E-state index is -5.84. The average Bonchev–Trinajstić information content (AvgIpc) is 4.19. The van der Waals surface area contributed by atoms with E-state index in [1.165, 1.54) is 22.3 Å². The third kappa shape index (κ3) is 27.2. The summed E-state index contributed by atoms with van der Waals surface area (Å²) in [6.45, 7) is 13.6. The maximum Gasteiger partial charge on any atom is 0.522 e. The van der Waals surface area contributed by atoms with E-state index >= 15 is 0 Å². The molecule has 0 aromatic heterocycles. The molecule has 0 amide bonds. The summed E-state index contributed by atoms with van der Waals surface area (Å²) in [5.41, 5.74) is -11.9. The maximum atomic E-state index is 10.7. The van der Waals surface area contributed by atoms with Crippen molar-refractivity contribution in [1.82, 2.24) is 0 Å². The molecule has 3 aliphatic heterocycles. The van der Waals surface area contributed by atoms with Crippen molar-refractivity contribution < 1.29 is 164 Å². The predicted octanol–water partition coefficient (Wildman–Crippen LogP) is 7.53. The van der Waals surface area contributed by atoms with Gasteiger partial charge in [0.15, 0.2) is 0 Å². The van der Waals surface area contributed by atoms with Crippen LogP contribution in [0.25, 0.3) is 0 Å². The molecule has 19 nitrogen and oxygen atoms in total. The van der Waals surface area contributed by atoms with E-state index in [0.717, 1.165) is 49.9 Å². The number of benzene rings is 4. The largest absolute Gasteiger partial charge is 0.522 e. The second-order valence-corrected chi connectivity index (χ2v) is 21.6. The molecule has 3 saturated heterocycles. The summed E-state index contributed by atoms with van der Waals surface area (Å²) in [6.07, 6.45) is 0.197. The Bertz CT molecular complexity index is 2580. The fourth-order valence-corrected chi connectivity index (χ4v) is 5.70. The standard InChI is InChI=1S/C22H28O5.C21H24O4.3CHF3O3S.CH4O.Er/c1-22(2,17-6-10-20(11-7-17)26-14-21-15-27-21)16-4-8-19(9-5-16)25-13-18(23)12-24-3;1-21(2,15-3-7-17(8-4-15)22-11-19-13-24-19)16-5-9-18(10-6-16)23-12-20-14-25-20;3*2-1(3,4)8(5,6)7;1-2;/h4-11,18,21,23H,12-15H2,1-3H3;3-10,19-20H,11-14H2,1-2H3;3*(H,5,6,7);2H,1H3;. The smallest absolute Gasteiger partial charge is 0.491 e. The zero-order valence-electron chi connectivity index (χ0n) is 42.6. The van der Waals surface area contributed by atoms with Gasteiger partial charge in [0.1, 0.15) is 73.8 Å². The van der Waals surface area contributed by atoms with Crippen molar-refractivity contribution in [1.29, 1.82) is 0 Å². The van der Waals surface area contributed by atoms with Gasteiger partial charge in [-0.2, -0.15) is 64.8 Å². The molecule has 7 rings (SSSR count). The van der Waals surface area contributed by atoms with E-state index in [-0.39, 0.29) is 79.7 Å². The van der Waals surface area contributed by atoms with Gasteiger partial charge < -0.3 is 48.1 Å². The summed E-state index contributed by atoms with van der Waals surface area (Å²) in [5, 5.41) is 16.7. The topological polar surface area (TPSA) is 287 Å². The predicted molar refractivity (Wildman–Crippen MR) is 260 cm³/mol. The van der Waals surface area contributed by atoms with Crippen LogP contribution in [0.1, 0.15) is 49.9 Å². The van der Waals surface area contributed by atoms with Gasteiger partial charge in [-0.15, -0.1) is 0 Å². The fourth-order valence-electron chi connectivity index (χ4n) is 5.70. The van der Waals surface area contributed by atoms with Gasteiger partial charge in [-0.1, -0.05) is 76.2 Å². The summed E-state index contributed by atoms with van der Waals surface area (Å²) >= 11 is 0.